The zero-order valence-electron chi connectivity index (χ0n) is 23.4. The van der Waals surface area contributed by atoms with E-state index in [-0.39, 0.29) is 11.3 Å². The number of benzene rings is 2. The predicted octanol–water partition coefficient (Wildman–Crippen LogP) is 4.26. The highest BCUT2D eigenvalue weighted by molar-refractivity contribution is 6.46. The fraction of sp³-hybridized carbons (Fsp3) is 0.467. The van der Waals surface area contributed by atoms with Crippen LogP contribution in [0.15, 0.2) is 42.0 Å². The zero-order chi connectivity index (χ0) is 28.1. The van der Waals surface area contributed by atoms with Crippen molar-refractivity contribution in [1.29, 1.82) is 0 Å². The second-order valence-electron chi connectivity index (χ2n) is 10.4. The molecule has 0 aliphatic carbocycles. The standard InChI is InChI=1S/C30H38N2O7/c1-19(2)11-14-37-22-9-7-20(17-24(22)36-5)27-26(29(34)30(35)32(27)13-6-12-31(3)4)28(33)21-8-10-23-25(18-21)39-16-15-38-23/h7-10,17-19,27,33H,6,11-16H2,1-5H3/b28-26-. The van der Waals surface area contributed by atoms with Crippen molar-refractivity contribution in [3.05, 3.63) is 53.1 Å². The number of likely N-dealkylation sites (tertiary alicyclic amines) is 1. The van der Waals surface area contributed by atoms with E-state index in [1.165, 1.54) is 4.90 Å². The number of methoxy groups -OCH3 is 1. The van der Waals surface area contributed by atoms with E-state index in [0.717, 1.165) is 13.0 Å². The first-order valence-corrected chi connectivity index (χ1v) is 13.3. The van der Waals surface area contributed by atoms with Gasteiger partial charge in [0.15, 0.2) is 23.0 Å². The number of fused-ring (bicyclic) bond motifs is 1. The van der Waals surface area contributed by atoms with Crippen LogP contribution in [0.4, 0.5) is 0 Å². The Labute approximate surface area is 229 Å². The molecule has 1 N–H and O–H groups in total. The second-order valence-corrected chi connectivity index (χ2v) is 10.4. The van der Waals surface area contributed by atoms with E-state index in [2.05, 4.69) is 13.8 Å². The lowest BCUT2D eigenvalue weighted by molar-refractivity contribution is -0.139. The molecule has 39 heavy (non-hydrogen) atoms. The molecule has 210 valence electrons. The number of rotatable bonds is 11. The van der Waals surface area contributed by atoms with Gasteiger partial charge in [-0.05, 0) is 75.3 Å². The van der Waals surface area contributed by atoms with E-state index < -0.39 is 17.7 Å². The minimum absolute atomic E-state index is 0.0251. The molecule has 2 aromatic rings. The quantitative estimate of drug-likeness (QED) is 0.258. The molecular formula is C30H38N2O7. The minimum atomic E-state index is -0.793. The van der Waals surface area contributed by atoms with Gasteiger partial charge in [-0.15, -0.1) is 0 Å². The maximum atomic E-state index is 13.4. The Kier molecular flexibility index (Phi) is 9.01. The summed E-state index contributed by atoms with van der Waals surface area (Å²) in [5.74, 6) is 0.984. The Morgan fingerprint density at radius 1 is 1.08 bits per heavy atom. The van der Waals surface area contributed by atoms with Crippen molar-refractivity contribution in [3.63, 3.8) is 0 Å². The first-order valence-electron chi connectivity index (χ1n) is 13.3. The largest absolute Gasteiger partial charge is 0.507 e. The van der Waals surface area contributed by atoms with Crippen molar-refractivity contribution in [2.45, 2.75) is 32.7 Å². The van der Waals surface area contributed by atoms with Gasteiger partial charge >= 0.3 is 0 Å². The fourth-order valence-electron chi connectivity index (χ4n) is 4.74. The third kappa shape index (κ3) is 6.30. The van der Waals surface area contributed by atoms with Crippen LogP contribution in [-0.2, 0) is 9.59 Å². The Morgan fingerprint density at radius 2 is 1.82 bits per heavy atom. The van der Waals surface area contributed by atoms with Crippen LogP contribution in [0.1, 0.15) is 43.9 Å². The van der Waals surface area contributed by atoms with E-state index in [1.807, 2.05) is 25.1 Å². The number of Topliss-reactive ketones (excluding diaryl/α,β-unsaturated/α-hetero) is 1. The Balaban J connectivity index is 1.76. The van der Waals surface area contributed by atoms with E-state index in [0.29, 0.717) is 72.8 Å². The second kappa shape index (κ2) is 12.4. The number of amides is 1. The van der Waals surface area contributed by atoms with Crippen LogP contribution >= 0.6 is 0 Å². The molecule has 2 aliphatic rings. The number of hydrogen-bond acceptors (Lipinski definition) is 8. The number of hydrogen-bond donors (Lipinski definition) is 1. The minimum Gasteiger partial charge on any atom is -0.507 e. The first kappa shape index (κ1) is 28.3. The Bertz CT molecular complexity index is 1240. The highest BCUT2D eigenvalue weighted by Gasteiger charge is 2.46. The smallest absolute Gasteiger partial charge is 0.295 e. The summed E-state index contributed by atoms with van der Waals surface area (Å²) in [6.45, 7) is 6.72. The molecule has 2 aromatic carbocycles. The van der Waals surface area contributed by atoms with Gasteiger partial charge in [0.1, 0.15) is 19.0 Å². The molecule has 1 unspecified atom stereocenters. The molecule has 9 heteroatoms. The highest BCUT2D eigenvalue weighted by Crippen LogP contribution is 2.43. The molecule has 1 amide bonds. The van der Waals surface area contributed by atoms with Crippen LogP contribution in [0.2, 0.25) is 0 Å². The Hall–Kier alpha value is -3.72. The van der Waals surface area contributed by atoms with Gasteiger partial charge < -0.3 is 33.9 Å². The SMILES string of the molecule is COc1cc(C2/C(=C(/O)c3ccc4c(c3)OCCO4)C(=O)C(=O)N2CCCN(C)C)ccc1OCCC(C)C. The zero-order valence-corrected chi connectivity index (χ0v) is 23.4. The lowest BCUT2D eigenvalue weighted by atomic mass is 9.94. The van der Waals surface area contributed by atoms with Crippen molar-refractivity contribution < 1.29 is 33.6 Å². The summed E-state index contributed by atoms with van der Waals surface area (Å²) in [5, 5.41) is 11.4. The summed E-state index contributed by atoms with van der Waals surface area (Å²) in [6.07, 6.45) is 1.56. The van der Waals surface area contributed by atoms with E-state index in [1.54, 1.807) is 37.4 Å². The van der Waals surface area contributed by atoms with Gasteiger partial charge in [-0.25, -0.2) is 0 Å². The number of carbonyl (C=O) groups excluding carboxylic acids is 2. The summed E-state index contributed by atoms with van der Waals surface area (Å²) in [5.41, 5.74) is 1.04. The van der Waals surface area contributed by atoms with Gasteiger partial charge in [-0.1, -0.05) is 19.9 Å². The van der Waals surface area contributed by atoms with Crippen LogP contribution in [-0.4, -0.2) is 80.7 Å². The molecule has 1 atom stereocenters. The first-order chi connectivity index (χ1) is 18.7. The van der Waals surface area contributed by atoms with E-state index in [9.17, 15) is 14.7 Å². The number of ether oxygens (including phenoxy) is 4. The van der Waals surface area contributed by atoms with Gasteiger partial charge in [0.05, 0.1) is 25.3 Å². The van der Waals surface area contributed by atoms with Crippen LogP contribution in [0.5, 0.6) is 23.0 Å². The third-order valence-corrected chi connectivity index (χ3v) is 6.82. The highest BCUT2D eigenvalue weighted by atomic mass is 16.6. The predicted molar refractivity (Wildman–Crippen MR) is 148 cm³/mol. The Morgan fingerprint density at radius 3 is 2.51 bits per heavy atom. The fourth-order valence-corrected chi connectivity index (χ4v) is 4.74. The number of aliphatic hydroxyl groups excluding tert-OH is 1. The third-order valence-electron chi connectivity index (χ3n) is 6.82. The van der Waals surface area contributed by atoms with Gasteiger partial charge in [0.25, 0.3) is 11.7 Å². The summed E-state index contributed by atoms with van der Waals surface area (Å²) >= 11 is 0. The molecule has 9 nitrogen and oxygen atoms in total. The maximum absolute atomic E-state index is 13.4. The summed E-state index contributed by atoms with van der Waals surface area (Å²) in [7, 11) is 5.46. The van der Waals surface area contributed by atoms with Crippen LogP contribution in [0.25, 0.3) is 5.76 Å². The normalized spacial score (nSPS) is 18.2. The molecule has 4 rings (SSSR count). The molecule has 2 heterocycles. The lowest BCUT2D eigenvalue weighted by Gasteiger charge is -2.26. The van der Waals surface area contributed by atoms with Crippen molar-refractivity contribution in [1.82, 2.24) is 9.80 Å². The van der Waals surface area contributed by atoms with Crippen molar-refractivity contribution >= 4 is 17.4 Å². The number of aliphatic hydroxyl groups is 1. The van der Waals surface area contributed by atoms with Gasteiger partial charge in [-0.2, -0.15) is 0 Å². The monoisotopic (exact) mass is 538 g/mol. The van der Waals surface area contributed by atoms with Crippen molar-refractivity contribution in [3.8, 4) is 23.0 Å². The van der Waals surface area contributed by atoms with Crippen molar-refractivity contribution in [2.75, 3.05) is 54.1 Å². The summed E-state index contributed by atoms with van der Waals surface area (Å²) in [6, 6.07) is 9.57. The molecule has 0 spiro atoms. The lowest BCUT2D eigenvalue weighted by Crippen LogP contribution is -2.32. The van der Waals surface area contributed by atoms with Gasteiger partial charge in [0, 0.05) is 12.1 Å². The van der Waals surface area contributed by atoms with Crippen LogP contribution in [0.3, 0.4) is 0 Å². The van der Waals surface area contributed by atoms with Gasteiger partial charge in [-0.3, -0.25) is 9.59 Å². The molecule has 1 fully saturated rings. The molecule has 1 saturated heterocycles. The molecule has 0 aromatic heterocycles. The molecule has 2 aliphatic heterocycles. The number of carbonyl (C=O) groups is 2. The molecule has 0 saturated carbocycles. The summed E-state index contributed by atoms with van der Waals surface area (Å²) in [4.78, 5) is 30.2. The molecule has 0 radical (unpaired) electrons. The topological polar surface area (TPSA) is 97.8 Å². The van der Waals surface area contributed by atoms with E-state index in [4.69, 9.17) is 18.9 Å². The van der Waals surface area contributed by atoms with Crippen LogP contribution in [0, 0.1) is 5.92 Å². The van der Waals surface area contributed by atoms with E-state index >= 15 is 0 Å². The molecule has 0 bridgehead atoms. The van der Waals surface area contributed by atoms with Crippen molar-refractivity contribution in [2.24, 2.45) is 5.92 Å². The average Bonchev–Trinajstić information content (AvgIpc) is 3.17. The average molecular weight is 539 g/mol. The van der Waals surface area contributed by atoms with Gasteiger partial charge in [0.2, 0.25) is 0 Å². The summed E-state index contributed by atoms with van der Waals surface area (Å²) < 4.78 is 22.8. The molecular weight excluding hydrogens is 500 g/mol. The number of nitrogens with zero attached hydrogens (tertiary/aromatic N) is 2. The maximum Gasteiger partial charge on any atom is 0.295 e. The van der Waals surface area contributed by atoms with Crippen LogP contribution < -0.4 is 18.9 Å². The number of ketones is 1.